The lowest BCUT2D eigenvalue weighted by Gasteiger charge is -2.12. The third-order valence-corrected chi connectivity index (χ3v) is 2.77. The van der Waals surface area contributed by atoms with Gasteiger partial charge in [0.15, 0.2) is 0 Å². The highest BCUT2D eigenvalue weighted by atomic mass is 32.1. The minimum Gasteiger partial charge on any atom is -0.481 e. The molecule has 1 aromatic rings. The fourth-order valence-corrected chi connectivity index (χ4v) is 1.84. The first-order valence-electron chi connectivity index (χ1n) is 5.35. The Balaban J connectivity index is 2.32. The molecule has 1 atom stereocenters. The normalized spacial score (nSPS) is 11.6. The molecule has 0 aliphatic carbocycles. The van der Waals surface area contributed by atoms with Crippen molar-refractivity contribution >= 4 is 29.3 Å². The average Bonchev–Trinajstić information content (AvgIpc) is 2.80. The summed E-state index contributed by atoms with van der Waals surface area (Å²) < 4.78 is 0. The van der Waals surface area contributed by atoms with E-state index in [9.17, 15) is 14.4 Å². The van der Waals surface area contributed by atoms with Crippen molar-refractivity contribution in [2.75, 3.05) is 6.54 Å². The highest BCUT2D eigenvalue weighted by Gasteiger charge is 2.22. The smallest absolute Gasteiger partial charge is 0.326 e. The molecule has 0 fully saturated rings. The van der Waals surface area contributed by atoms with Crippen molar-refractivity contribution < 1.29 is 24.6 Å². The molecule has 0 saturated heterocycles. The largest absolute Gasteiger partial charge is 0.481 e. The number of urea groups is 1. The summed E-state index contributed by atoms with van der Waals surface area (Å²) in [5.41, 5.74) is 2.49. The lowest BCUT2D eigenvalue weighted by atomic mass is 10.2. The molecular formula is C10H13N3O5S. The van der Waals surface area contributed by atoms with Gasteiger partial charge in [-0.15, -0.1) is 11.3 Å². The van der Waals surface area contributed by atoms with Gasteiger partial charge >= 0.3 is 18.0 Å². The van der Waals surface area contributed by atoms with Crippen molar-refractivity contribution in [2.45, 2.75) is 18.9 Å². The molecule has 0 aliphatic rings. The maximum atomic E-state index is 11.4. The Labute approximate surface area is 112 Å². The number of rotatable bonds is 7. The predicted molar refractivity (Wildman–Crippen MR) is 66.0 cm³/mol. The van der Waals surface area contributed by atoms with Crippen molar-refractivity contribution in [3.8, 4) is 0 Å². The molecule has 1 unspecified atom stereocenters. The maximum Gasteiger partial charge on any atom is 0.326 e. The Morgan fingerprint density at radius 1 is 1.37 bits per heavy atom. The number of nitrogens with zero attached hydrogens (tertiary/aromatic N) is 1. The number of thiazole rings is 1. The van der Waals surface area contributed by atoms with Gasteiger partial charge in [0.1, 0.15) is 6.04 Å². The SMILES string of the molecule is O=C(O)CC(NC(=O)NCCc1cscn1)C(=O)O. The Hall–Kier alpha value is -2.16. The molecule has 104 valence electrons. The second-order valence-electron chi connectivity index (χ2n) is 3.62. The number of amides is 2. The molecule has 2 amide bonds. The third-order valence-electron chi connectivity index (χ3n) is 2.13. The van der Waals surface area contributed by atoms with Crippen LogP contribution in [0.15, 0.2) is 10.9 Å². The number of nitrogens with one attached hydrogen (secondary N) is 2. The van der Waals surface area contributed by atoms with E-state index in [2.05, 4.69) is 15.6 Å². The van der Waals surface area contributed by atoms with E-state index in [4.69, 9.17) is 10.2 Å². The van der Waals surface area contributed by atoms with Crippen LogP contribution in [-0.4, -0.2) is 45.8 Å². The van der Waals surface area contributed by atoms with Crippen molar-refractivity contribution in [3.63, 3.8) is 0 Å². The van der Waals surface area contributed by atoms with Crippen LogP contribution in [0.25, 0.3) is 0 Å². The van der Waals surface area contributed by atoms with Crippen LogP contribution in [0.2, 0.25) is 0 Å². The summed E-state index contributed by atoms with van der Waals surface area (Å²) >= 11 is 1.44. The van der Waals surface area contributed by atoms with Crippen LogP contribution in [0.5, 0.6) is 0 Å². The number of hydrogen-bond donors (Lipinski definition) is 4. The zero-order valence-corrected chi connectivity index (χ0v) is 10.6. The Bertz CT molecular complexity index is 448. The summed E-state index contributed by atoms with van der Waals surface area (Å²) in [7, 11) is 0. The molecule has 1 heterocycles. The molecule has 0 saturated carbocycles. The second-order valence-corrected chi connectivity index (χ2v) is 4.34. The molecule has 0 spiro atoms. The zero-order chi connectivity index (χ0) is 14.3. The number of aromatic nitrogens is 1. The molecule has 9 heteroatoms. The number of carboxylic acid groups (broad SMARTS) is 2. The molecule has 8 nitrogen and oxygen atoms in total. The standard InChI is InChI=1S/C10H13N3O5S/c14-8(15)3-7(9(16)17)13-10(18)11-2-1-6-4-19-5-12-6/h4-5,7H,1-3H2,(H,14,15)(H,16,17)(H2,11,13,18). The number of aliphatic carboxylic acids is 2. The van der Waals surface area contributed by atoms with E-state index >= 15 is 0 Å². The van der Waals surface area contributed by atoms with E-state index in [1.165, 1.54) is 11.3 Å². The topological polar surface area (TPSA) is 129 Å². The van der Waals surface area contributed by atoms with Crippen molar-refractivity contribution in [1.82, 2.24) is 15.6 Å². The van der Waals surface area contributed by atoms with E-state index < -0.39 is 30.4 Å². The lowest BCUT2D eigenvalue weighted by molar-refractivity contribution is -0.145. The Morgan fingerprint density at radius 3 is 2.63 bits per heavy atom. The molecule has 0 aromatic carbocycles. The molecule has 0 aliphatic heterocycles. The zero-order valence-electron chi connectivity index (χ0n) is 9.83. The number of carbonyl (C=O) groups excluding carboxylic acids is 1. The molecule has 1 aromatic heterocycles. The minimum atomic E-state index is -1.45. The molecular weight excluding hydrogens is 274 g/mol. The first-order valence-corrected chi connectivity index (χ1v) is 6.29. The quantitative estimate of drug-likeness (QED) is 0.555. The van der Waals surface area contributed by atoms with Crippen LogP contribution >= 0.6 is 11.3 Å². The second kappa shape index (κ2) is 7.31. The summed E-state index contributed by atoms with van der Waals surface area (Å²) in [6, 6.07) is -2.17. The number of carboxylic acids is 2. The van der Waals surface area contributed by atoms with E-state index in [0.717, 1.165) is 5.69 Å². The summed E-state index contributed by atoms with van der Waals surface area (Å²) in [6.07, 6.45) is -0.150. The van der Waals surface area contributed by atoms with Crippen LogP contribution in [0, 0.1) is 0 Å². The minimum absolute atomic E-state index is 0.287. The van der Waals surface area contributed by atoms with Gasteiger partial charge in [-0.05, 0) is 0 Å². The van der Waals surface area contributed by atoms with Gasteiger partial charge in [-0.3, -0.25) is 4.79 Å². The first kappa shape index (κ1) is 14.9. The molecule has 19 heavy (non-hydrogen) atoms. The van der Waals surface area contributed by atoms with Crippen LogP contribution in [-0.2, 0) is 16.0 Å². The summed E-state index contributed by atoms with van der Waals surface area (Å²) in [6.45, 7) is 0.287. The Morgan fingerprint density at radius 2 is 2.11 bits per heavy atom. The van der Waals surface area contributed by atoms with Gasteiger partial charge in [0.25, 0.3) is 0 Å². The molecule has 0 radical (unpaired) electrons. The third kappa shape index (κ3) is 5.82. The van der Waals surface area contributed by atoms with Crippen LogP contribution < -0.4 is 10.6 Å². The van der Waals surface area contributed by atoms with Gasteiger partial charge in [-0.2, -0.15) is 0 Å². The summed E-state index contributed by atoms with van der Waals surface area (Å²) in [4.78, 5) is 36.5. The van der Waals surface area contributed by atoms with Gasteiger partial charge in [0.2, 0.25) is 0 Å². The van der Waals surface area contributed by atoms with Gasteiger partial charge in [0.05, 0.1) is 17.6 Å². The van der Waals surface area contributed by atoms with E-state index in [0.29, 0.717) is 6.42 Å². The first-order chi connectivity index (χ1) is 8.99. The molecule has 1 rings (SSSR count). The maximum absolute atomic E-state index is 11.4. The van der Waals surface area contributed by atoms with Crippen LogP contribution in [0.1, 0.15) is 12.1 Å². The fraction of sp³-hybridized carbons (Fsp3) is 0.400. The predicted octanol–water partition coefficient (Wildman–Crippen LogP) is -0.0873. The summed E-state index contributed by atoms with van der Waals surface area (Å²) in [5, 5.41) is 23.6. The van der Waals surface area contributed by atoms with Crippen molar-refractivity contribution in [3.05, 3.63) is 16.6 Å². The lowest BCUT2D eigenvalue weighted by Crippen LogP contribution is -2.47. The number of hydrogen-bond acceptors (Lipinski definition) is 5. The van der Waals surface area contributed by atoms with Crippen molar-refractivity contribution in [2.24, 2.45) is 0 Å². The van der Waals surface area contributed by atoms with Gasteiger partial charge in [0, 0.05) is 18.3 Å². The van der Waals surface area contributed by atoms with Gasteiger partial charge < -0.3 is 20.8 Å². The van der Waals surface area contributed by atoms with Crippen LogP contribution in [0.4, 0.5) is 4.79 Å². The van der Waals surface area contributed by atoms with E-state index in [-0.39, 0.29) is 6.54 Å². The molecule has 0 bridgehead atoms. The monoisotopic (exact) mass is 287 g/mol. The van der Waals surface area contributed by atoms with Crippen molar-refractivity contribution in [1.29, 1.82) is 0 Å². The van der Waals surface area contributed by atoms with Gasteiger partial charge in [-0.25, -0.2) is 14.6 Å². The average molecular weight is 287 g/mol. The fourth-order valence-electron chi connectivity index (χ4n) is 1.25. The van der Waals surface area contributed by atoms with Crippen LogP contribution in [0.3, 0.4) is 0 Å². The molecule has 4 N–H and O–H groups in total. The highest BCUT2D eigenvalue weighted by molar-refractivity contribution is 7.07. The van der Waals surface area contributed by atoms with E-state index in [1.54, 1.807) is 5.51 Å². The van der Waals surface area contributed by atoms with Gasteiger partial charge in [-0.1, -0.05) is 0 Å². The van der Waals surface area contributed by atoms with E-state index in [1.807, 2.05) is 5.38 Å². The highest BCUT2D eigenvalue weighted by Crippen LogP contribution is 2.00. The summed E-state index contributed by atoms with van der Waals surface area (Å²) in [5.74, 6) is -2.69. The number of carbonyl (C=O) groups is 3. The Kier molecular flexibility index (Phi) is 5.73.